The molecule has 0 bridgehead atoms. The summed E-state index contributed by atoms with van der Waals surface area (Å²) >= 11 is 5.63. The van der Waals surface area contributed by atoms with Crippen molar-refractivity contribution in [3.05, 3.63) is 89.0 Å². The van der Waals surface area contributed by atoms with Gasteiger partial charge < -0.3 is 5.73 Å². The third-order valence-corrected chi connectivity index (χ3v) is 4.62. The molecule has 0 saturated carbocycles. The summed E-state index contributed by atoms with van der Waals surface area (Å²) in [4.78, 5) is 13.7. The van der Waals surface area contributed by atoms with Crippen molar-refractivity contribution < 1.29 is 4.79 Å². The lowest BCUT2D eigenvalue weighted by molar-refractivity contribution is 0.103. The maximum atomic E-state index is 13.1. The van der Waals surface area contributed by atoms with E-state index in [9.17, 15) is 4.79 Å². The van der Waals surface area contributed by atoms with Crippen molar-refractivity contribution in [1.82, 2.24) is 0 Å². The summed E-state index contributed by atoms with van der Waals surface area (Å²) < 4.78 is 0. The van der Waals surface area contributed by atoms with E-state index in [4.69, 9.17) is 18.0 Å². The van der Waals surface area contributed by atoms with Crippen LogP contribution in [0.2, 0.25) is 0 Å². The maximum absolute atomic E-state index is 13.1. The van der Waals surface area contributed by atoms with Crippen LogP contribution in [0.4, 0.5) is 5.69 Å². The SMILES string of the molecule is Nc1ccc(-c2ccccc2)c2c1C(=S)c1ccccc1C2=O. The van der Waals surface area contributed by atoms with Gasteiger partial charge in [-0.25, -0.2) is 0 Å². The minimum atomic E-state index is -0.0182. The first-order valence-electron chi connectivity index (χ1n) is 7.35. The number of thiocarbonyl (C=S) groups is 1. The molecule has 0 fully saturated rings. The minimum absolute atomic E-state index is 0.0182. The molecule has 3 aromatic rings. The van der Waals surface area contributed by atoms with Crippen molar-refractivity contribution in [1.29, 1.82) is 0 Å². The van der Waals surface area contributed by atoms with Gasteiger partial charge in [0.2, 0.25) is 0 Å². The molecule has 0 saturated heterocycles. The molecule has 110 valence electrons. The monoisotopic (exact) mass is 315 g/mol. The summed E-state index contributed by atoms with van der Waals surface area (Å²) in [6.45, 7) is 0. The summed E-state index contributed by atoms with van der Waals surface area (Å²) in [7, 11) is 0. The zero-order valence-electron chi connectivity index (χ0n) is 12.2. The molecule has 0 atom stereocenters. The molecule has 2 nitrogen and oxygen atoms in total. The Bertz CT molecular complexity index is 961. The Labute approximate surface area is 139 Å². The molecular formula is C20H13NOS. The fourth-order valence-electron chi connectivity index (χ4n) is 3.11. The van der Waals surface area contributed by atoms with Gasteiger partial charge in [0.05, 0.1) is 4.86 Å². The van der Waals surface area contributed by atoms with Crippen LogP contribution >= 0.6 is 12.2 Å². The van der Waals surface area contributed by atoms with E-state index < -0.39 is 0 Å². The molecule has 0 amide bonds. The number of nitrogen functional groups attached to an aromatic ring is 1. The molecule has 1 aliphatic rings. The van der Waals surface area contributed by atoms with Gasteiger partial charge >= 0.3 is 0 Å². The molecule has 3 aromatic carbocycles. The number of hydrogen-bond donors (Lipinski definition) is 1. The maximum Gasteiger partial charge on any atom is 0.195 e. The first-order valence-corrected chi connectivity index (χ1v) is 7.75. The van der Waals surface area contributed by atoms with Gasteiger partial charge in [0.1, 0.15) is 0 Å². The van der Waals surface area contributed by atoms with E-state index in [2.05, 4.69) is 0 Å². The van der Waals surface area contributed by atoms with Crippen molar-refractivity contribution >= 4 is 28.6 Å². The smallest absolute Gasteiger partial charge is 0.195 e. The Morgan fingerprint density at radius 1 is 0.696 bits per heavy atom. The lowest BCUT2D eigenvalue weighted by Gasteiger charge is -2.23. The summed E-state index contributed by atoms with van der Waals surface area (Å²) in [6.07, 6.45) is 0. The van der Waals surface area contributed by atoms with E-state index in [-0.39, 0.29) is 5.78 Å². The van der Waals surface area contributed by atoms with Crippen LogP contribution in [0.3, 0.4) is 0 Å². The molecule has 0 aliphatic heterocycles. The number of carbonyl (C=O) groups is 1. The zero-order chi connectivity index (χ0) is 16.0. The van der Waals surface area contributed by atoms with E-state index >= 15 is 0 Å². The van der Waals surface area contributed by atoms with Gasteiger partial charge in [-0.05, 0) is 17.2 Å². The first kappa shape index (κ1) is 13.9. The average Bonchev–Trinajstić information content (AvgIpc) is 2.60. The zero-order valence-corrected chi connectivity index (χ0v) is 13.1. The Kier molecular flexibility index (Phi) is 3.10. The molecule has 0 aromatic heterocycles. The summed E-state index contributed by atoms with van der Waals surface area (Å²) in [5.74, 6) is -0.0182. The Balaban J connectivity index is 2.06. The number of benzene rings is 3. The normalized spacial score (nSPS) is 12.7. The molecule has 0 radical (unpaired) electrons. The van der Waals surface area contributed by atoms with Crippen LogP contribution in [0.1, 0.15) is 27.0 Å². The Morgan fingerprint density at radius 2 is 1.35 bits per heavy atom. The standard InChI is InChI=1S/C20H13NOS/c21-16-11-10-13(12-6-2-1-3-7-12)17-18(16)20(23)15-9-5-4-8-14(15)19(17)22/h1-11H,21H2. The Hall–Kier alpha value is -2.78. The van der Waals surface area contributed by atoms with Gasteiger partial charge in [-0.2, -0.15) is 0 Å². The lowest BCUT2D eigenvalue weighted by Crippen LogP contribution is -2.22. The van der Waals surface area contributed by atoms with Crippen molar-refractivity contribution in [3.8, 4) is 11.1 Å². The number of rotatable bonds is 1. The summed E-state index contributed by atoms with van der Waals surface area (Å²) in [6, 6.07) is 21.0. The second-order valence-electron chi connectivity index (χ2n) is 5.52. The van der Waals surface area contributed by atoms with Gasteiger partial charge in [0.15, 0.2) is 5.78 Å². The first-order chi connectivity index (χ1) is 11.2. The second kappa shape index (κ2) is 5.14. The molecule has 0 spiro atoms. The molecular weight excluding hydrogens is 302 g/mol. The third-order valence-electron chi connectivity index (χ3n) is 4.19. The summed E-state index contributed by atoms with van der Waals surface area (Å²) in [5, 5.41) is 0. The number of carbonyl (C=O) groups excluding carboxylic acids is 1. The predicted molar refractivity (Wildman–Crippen MR) is 97.0 cm³/mol. The van der Waals surface area contributed by atoms with E-state index in [0.717, 1.165) is 16.7 Å². The van der Waals surface area contributed by atoms with Crippen molar-refractivity contribution in [2.75, 3.05) is 5.73 Å². The van der Waals surface area contributed by atoms with E-state index in [1.165, 1.54) is 0 Å². The Morgan fingerprint density at radius 3 is 2.09 bits per heavy atom. The predicted octanol–water partition coefficient (Wildman–Crippen LogP) is 4.25. The van der Waals surface area contributed by atoms with Crippen molar-refractivity contribution in [3.63, 3.8) is 0 Å². The van der Waals surface area contributed by atoms with Crippen LogP contribution in [0, 0.1) is 0 Å². The fraction of sp³-hybridized carbons (Fsp3) is 0. The van der Waals surface area contributed by atoms with E-state index in [1.54, 1.807) is 0 Å². The topological polar surface area (TPSA) is 43.1 Å². The third kappa shape index (κ3) is 2.01. The fourth-order valence-corrected chi connectivity index (χ4v) is 3.50. The number of hydrogen-bond acceptors (Lipinski definition) is 3. The highest BCUT2D eigenvalue weighted by atomic mass is 32.1. The second-order valence-corrected chi connectivity index (χ2v) is 5.93. The lowest BCUT2D eigenvalue weighted by atomic mass is 9.80. The quantitative estimate of drug-likeness (QED) is 0.422. The van der Waals surface area contributed by atoms with E-state index in [0.29, 0.717) is 27.2 Å². The largest absolute Gasteiger partial charge is 0.398 e. The van der Waals surface area contributed by atoms with Crippen LogP contribution < -0.4 is 5.73 Å². The molecule has 0 unspecified atom stereocenters. The minimum Gasteiger partial charge on any atom is -0.398 e. The average molecular weight is 315 g/mol. The van der Waals surface area contributed by atoms with Gasteiger partial charge in [-0.3, -0.25) is 4.79 Å². The molecule has 4 rings (SSSR count). The van der Waals surface area contributed by atoms with Crippen LogP contribution in [0.25, 0.3) is 11.1 Å². The molecule has 23 heavy (non-hydrogen) atoms. The number of anilines is 1. The number of fused-ring (bicyclic) bond motifs is 2. The van der Waals surface area contributed by atoms with Gasteiger partial charge in [0.25, 0.3) is 0 Å². The number of nitrogens with two attached hydrogens (primary N) is 1. The van der Waals surface area contributed by atoms with Crippen molar-refractivity contribution in [2.24, 2.45) is 0 Å². The van der Waals surface area contributed by atoms with Crippen LogP contribution in [0.15, 0.2) is 66.7 Å². The van der Waals surface area contributed by atoms with Crippen LogP contribution in [-0.2, 0) is 0 Å². The molecule has 1 aliphatic carbocycles. The van der Waals surface area contributed by atoms with Gasteiger partial charge in [-0.15, -0.1) is 0 Å². The highest BCUT2D eigenvalue weighted by molar-refractivity contribution is 7.81. The van der Waals surface area contributed by atoms with Gasteiger partial charge in [0, 0.05) is 27.9 Å². The molecule has 0 heterocycles. The van der Waals surface area contributed by atoms with Crippen LogP contribution in [-0.4, -0.2) is 10.6 Å². The van der Waals surface area contributed by atoms with E-state index in [1.807, 2.05) is 66.7 Å². The molecule has 2 N–H and O–H groups in total. The highest BCUT2D eigenvalue weighted by Crippen LogP contribution is 2.37. The van der Waals surface area contributed by atoms with Gasteiger partial charge in [-0.1, -0.05) is 72.9 Å². The highest BCUT2D eigenvalue weighted by Gasteiger charge is 2.30. The van der Waals surface area contributed by atoms with Crippen LogP contribution in [0.5, 0.6) is 0 Å². The van der Waals surface area contributed by atoms with Crippen molar-refractivity contribution in [2.45, 2.75) is 0 Å². The molecule has 3 heteroatoms. The number of ketones is 1. The summed E-state index contributed by atoms with van der Waals surface area (Å²) in [5.41, 5.74) is 11.3.